The zero-order valence-electron chi connectivity index (χ0n) is 16.3. The van der Waals surface area contributed by atoms with Gasteiger partial charge < -0.3 is 20.3 Å². The fourth-order valence-electron chi connectivity index (χ4n) is 3.05. The van der Waals surface area contributed by atoms with E-state index in [1.165, 1.54) is 0 Å². The number of aromatic nitrogens is 1. The van der Waals surface area contributed by atoms with Crippen LogP contribution in [0.3, 0.4) is 0 Å². The van der Waals surface area contributed by atoms with Crippen LogP contribution in [0.5, 0.6) is 0 Å². The summed E-state index contributed by atoms with van der Waals surface area (Å²) < 4.78 is 5.15. The standard InChI is InChI=1S/C19H28N4O4/c1-19(2,3)27-18(26)22-10-6-9-21-17(25)14-11-15(24)23(4)16(14)13-7-5-8-20-12-13/h5,7-8,12,14,16H,6,9-11H2,1-4H3,(H,21,25)(H,22,26)/t14-,16+/m0/s1. The van der Waals surface area contributed by atoms with Gasteiger partial charge in [-0.05, 0) is 38.8 Å². The molecular weight excluding hydrogens is 348 g/mol. The van der Waals surface area contributed by atoms with Crippen LogP contribution in [0.4, 0.5) is 4.79 Å². The molecule has 1 aromatic heterocycles. The lowest BCUT2D eigenvalue weighted by atomic mass is 9.94. The molecule has 1 aliphatic rings. The molecule has 0 radical (unpaired) electrons. The number of nitrogens with zero attached hydrogens (tertiary/aromatic N) is 2. The van der Waals surface area contributed by atoms with E-state index in [1.54, 1.807) is 51.2 Å². The number of hydrogen-bond donors (Lipinski definition) is 2. The molecule has 0 bridgehead atoms. The predicted octanol–water partition coefficient (Wildman–Crippen LogP) is 1.63. The van der Waals surface area contributed by atoms with Crippen LogP contribution < -0.4 is 10.6 Å². The van der Waals surface area contributed by atoms with Crippen molar-refractivity contribution >= 4 is 17.9 Å². The van der Waals surface area contributed by atoms with Crippen LogP contribution in [-0.2, 0) is 14.3 Å². The Balaban J connectivity index is 1.81. The van der Waals surface area contributed by atoms with Crippen molar-refractivity contribution in [3.8, 4) is 0 Å². The van der Waals surface area contributed by atoms with Gasteiger partial charge in [-0.15, -0.1) is 0 Å². The molecule has 148 valence electrons. The molecule has 2 N–H and O–H groups in total. The fourth-order valence-corrected chi connectivity index (χ4v) is 3.05. The topological polar surface area (TPSA) is 101 Å². The number of pyridine rings is 1. The second kappa shape index (κ2) is 8.83. The van der Waals surface area contributed by atoms with E-state index in [4.69, 9.17) is 4.74 Å². The Bertz CT molecular complexity index is 672. The molecule has 0 spiro atoms. The van der Waals surface area contributed by atoms with Crippen molar-refractivity contribution in [3.63, 3.8) is 0 Å². The van der Waals surface area contributed by atoms with Gasteiger partial charge in [0.05, 0.1) is 12.0 Å². The van der Waals surface area contributed by atoms with Crippen LogP contribution in [0.25, 0.3) is 0 Å². The monoisotopic (exact) mass is 376 g/mol. The zero-order chi connectivity index (χ0) is 20.0. The van der Waals surface area contributed by atoms with Gasteiger partial charge in [0.25, 0.3) is 0 Å². The van der Waals surface area contributed by atoms with Crippen molar-refractivity contribution < 1.29 is 19.1 Å². The first-order valence-corrected chi connectivity index (χ1v) is 9.09. The first kappa shape index (κ1) is 20.7. The Hall–Kier alpha value is -2.64. The summed E-state index contributed by atoms with van der Waals surface area (Å²) in [7, 11) is 1.71. The third-order valence-electron chi connectivity index (χ3n) is 4.27. The number of ether oxygens (including phenoxy) is 1. The van der Waals surface area contributed by atoms with Crippen LogP contribution in [0.15, 0.2) is 24.5 Å². The van der Waals surface area contributed by atoms with E-state index in [0.29, 0.717) is 19.5 Å². The van der Waals surface area contributed by atoms with Crippen molar-refractivity contribution in [1.82, 2.24) is 20.5 Å². The van der Waals surface area contributed by atoms with Crippen LogP contribution in [0.2, 0.25) is 0 Å². The average Bonchev–Trinajstić information content (AvgIpc) is 2.89. The van der Waals surface area contributed by atoms with Gasteiger partial charge in [-0.1, -0.05) is 6.07 Å². The molecule has 1 aliphatic heterocycles. The lowest BCUT2D eigenvalue weighted by Gasteiger charge is -2.24. The number of amides is 3. The van der Waals surface area contributed by atoms with Gasteiger partial charge in [0.15, 0.2) is 0 Å². The number of nitrogens with one attached hydrogen (secondary N) is 2. The second-order valence-electron chi connectivity index (χ2n) is 7.62. The lowest BCUT2D eigenvalue weighted by molar-refractivity contribution is -0.128. The van der Waals surface area contributed by atoms with E-state index in [0.717, 1.165) is 5.56 Å². The minimum Gasteiger partial charge on any atom is -0.444 e. The summed E-state index contributed by atoms with van der Waals surface area (Å²) in [5.74, 6) is -0.681. The van der Waals surface area contributed by atoms with E-state index in [9.17, 15) is 14.4 Å². The Morgan fingerprint density at radius 3 is 2.63 bits per heavy atom. The normalized spacial score (nSPS) is 19.7. The Morgan fingerprint density at radius 2 is 2.00 bits per heavy atom. The molecule has 2 rings (SSSR count). The Labute approximate surface area is 159 Å². The molecule has 8 nitrogen and oxygen atoms in total. The number of likely N-dealkylation sites (tertiary alicyclic amines) is 1. The highest BCUT2D eigenvalue weighted by atomic mass is 16.6. The van der Waals surface area contributed by atoms with Gasteiger partial charge in [0.2, 0.25) is 11.8 Å². The van der Waals surface area contributed by atoms with Gasteiger partial charge in [-0.3, -0.25) is 14.6 Å². The predicted molar refractivity (Wildman–Crippen MR) is 99.7 cm³/mol. The largest absolute Gasteiger partial charge is 0.444 e. The van der Waals surface area contributed by atoms with Crippen molar-refractivity contribution in [2.24, 2.45) is 5.92 Å². The molecule has 0 saturated carbocycles. The summed E-state index contributed by atoms with van der Waals surface area (Å²) in [4.78, 5) is 41.9. The first-order chi connectivity index (χ1) is 12.7. The van der Waals surface area contributed by atoms with E-state index in [1.807, 2.05) is 6.07 Å². The first-order valence-electron chi connectivity index (χ1n) is 9.09. The highest BCUT2D eigenvalue weighted by Crippen LogP contribution is 2.36. The van der Waals surface area contributed by atoms with Crippen molar-refractivity contribution in [2.45, 2.75) is 45.3 Å². The molecule has 0 aliphatic carbocycles. The Morgan fingerprint density at radius 1 is 1.30 bits per heavy atom. The van der Waals surface area contributed by atoms with E-state index in [-0.39, 0.29) is 24.3 Å². The average molecular weight is 376 g/mol. The number of rotatable bonds is 6. The van der Waals surface area contributed by atoms with Crippen LogP contribution in [0.1, 0.15) is 45.2 Å². The smallest absolute Gasteiger partial charge is 0.407 e. The lowest BCUT2D eigenvalue weighted by Crippen LogP contribution is -2.37. The van der Waals surface area contributed by atoms with E-state index >= 15 is 0 Å². The third kappa shape index (κ3) is 5.94. The van der Waals surface area contributed by atoms with Crippen LogP contribution in [-0.4, -0.2) is 53.5 Å². The van der Waals surface area contributed by atoms with Gasteiger partial charge in [0.1, 0.15) is 5.60 Å². The molecule has 1 fully saturated rings. The van der Waals surface area contributed by atoms with Crippen molar-refractivity contribution in [1.29, 1.82) is 0 Å². The number of carbonyl (C=O) groups is 3. The number of alkyl carbamates (subject to hydrolysis) is 1. The molecule has 1 aromatic rings. The number of carbonyl (C=O) groups excluding carboxylic acids is 3. The summed E-state index contributed by atoms with van der Waals surface area (Å²) in [5, 5.41) is 5.51. The molecule has 2 atom stereocenters. The summed E-state index contributed by atoms with van der Waals surface area (Å²) in [6.45, 7) is 6.19. The molecule has 0 unspecified atom stereocenters. The van der Waals surface area contributed by atoms with Crippen LogP contribution >= 0.6 is 0 Å². The van der Waals surface area contributed by atoms with E-state index < -0.39 is 17.6 Å². The van der Waals surface area contributed by atoms with Gasteiger partial charge >= 0.3 is 6.09 Å². The minimum atomic E-state index is -0.541. The third-order valence-corrected chi connectivity index (χ3v) is 4.27. The highest BCUT2D eigenvalue weighted by molar-refractivity contribution is 5.90. The van der Waals surface area contributed by atoms with Crippen molar-refractivity contribution in [3.05, 3.63) is 30.1 Å². The zero-order valence-corrected chi connectivity index (χ0v) is 16.3. The molecule has 1 saturated heterocycles. The highest BCUT2D eigenvalue weighted by Gasteiger charge is 2.42. The Kier molecular flexibility index (Phi) is 6.76. The summed E-state index contributed by atoms with van der Waals surface area (Å²) in [5.41, 5.74) is 0.304. The van der Waals surface area contributed by atoms with E-state index in [2.05, 4.69) is 15.6 Å². The summed E-state index contributed by atoms with van der Waals surface area (Å²) in [6.07, 6.45) is 3.61. The van der Waals surface area contributed by atoms with Gasteiger partial charge in [-0.2, -0.15) is 0 Å². The quantitative estimate of drug-likeness (QED) is 0.735. The molecular formula is C19H28N4O4. The minimum absolute atomic E-state index is 0.0596. The molecule has 8 heteroatoms. The second-order valence-corrected chi connectivity index (χ2v) is 7.62. The number of hydrogen-bond acceptors (Lipinski definition) is 5. The van der Waals surface area contributed by atoms with Gasteiger partial charge in [-0.25, -0.2) is 4.79 Å². The molecule has 0 aromatic carbocycles. The SMILES string of the molecule is CN1C(=O)C[C@H](C(=O)NCCCNC(=O)OC(C)(C)C)[C@H]1c1cccnc1. The van der Waals surface area contributed by atoms with Gasteiger partial charge in [0, 0.05) is 39.0 Å². The maximum atomic E-state index is 12.6. The molecule has 27 heavy (non-hydrogen) atoms. The summed E-state index contributed by atoms with van der Waals surface area (Å²) >= 11 is 0. The van der Waals surface area contributed by atoms with Crippen LogP contribution in [0, 0.1) is 5.92 Å². The van der Waals surface area contributed by atoms with Crippen molar-refractivity contribution in [2.75, 3.05) is 20.1 Å². The molecule has 3 amide bonds. The maximum absolute atomic E-state index is 12.6. The fraction of sp³-hybridized carbons (Fsp3) is 0.579. The summed E-state index contributed by atoms with van der Waals surface area (Å²) in [6, 6.07) is 3.35. The maximum Gasteiger partial charge on any atom is 0.407 e. The molecule has 2 heterocycles.